The van der Waals surface area contributed by atoms with Crippen LogP contribution in [0, 0.1) is 13.8 Å². The van der Waals surface area contributed by atoms with Crippen LogP contribution in [0.1, 0.15) is 42.9 Å². The van der Waals surface area contributed by atoms with E-state index in [1.165, 1.54) is 0 Å². The van der Waals surface area contributed by atoms with Crippen molar-refractivity contribution in [2.75, 3.05) is 6.61 Å². The van der Waals surface area contributed by atoms with E-state index in [9.17, 15) is 4.79 Å². The maximum absolute atomic E-state index is 12.1. The molecule has 132 valence electrons. The van der Waals surface area contributed by atoms with Gasteiger partial charge in [0.1, 0.15) is 5.75 Å². The van der Waals surface area contributed by atoms with Crippen LogP contribution in [0.25, 0.3) is 0 Å². The van der Waals surface area contributed by atoms with E-state index in [1.54, 1.807) is 0 Å². The summed E-state index contributed by atoms with van der Waals surface area (Å²) in [6, 6.07) is 15.7. The Bertz CT molecular complexity index is 724. The number of carbonyl (C=O) groups excluding carboxylic acids is 1. The van der Waals surface area contributed by atoms with Gasteiger partial charge in [-0.3, -0.25) is 4.79 Å². The van der Waals surface area contributed by atoms with Crippen LogP contribution in [0.5, 0.6) is 5.75 Å². The number of amides is 1. The monoisotopic (exact) mass is 338 g/mol. The van der Waals surface area contributed by atoms with Gasteiger partial charge in [0.2, 0.25) is 0 Å². The molecule has 0 aliphatic rings. The lowest BCUT2D eigenvalue weighted by atomic mass is 10.1. The van der Waals surface area contributed by atoms with Crippen molar-refractivity contribution in [1.82, 2.24) is 5.43 Å². The molecule has 25 heavy (non-hydrogen) atoms. The standard InChI is InChI=1S/C21H26N2O2/c1-4-5-13-19(18-11-7-6-8-12-18)22-23-21(24)15-25-20-14-9-10-16(2)17(20)3/h6-12,14H,4-5,13,15H2,1-3H3,(H,23,24)/b22-19+. The number of rotatable bonds is 8. The number of benzene rings is 2. The number of hydrazone groups is 1. The van der Waals surface area contributed by atoms with Gasteiger partial charge < -0.3 is 4.74 Å². The second-order valence-corrected chi connectivity index (χ2v) is 6.05. The number of nitrogens with one attached hydrogen (secondary N) is 1. The molecular formula is C21H26N2O2. The Morgan fingerprint density at radius 2 is 1.84 bits per heavy atom. The van der Waals surface area contributed by atoms with E-state index < -0.39 is 0 Å². The van der Waals surface area contributed by atoms with Gasteiger partial charge in [-0.15, -0.1) is 0 Å². The van der Waals surface area contributed by atoms with Gasteiger partial charge in [0.15, 0.2) is 6.61 Å². The number of carbonyl (C=O) groups is 1. The molecular weight excluding hydrogens is 312 g/mol. The van der Waals surface area contributed by atoms with E-state index in [0.717, 1.165) is 47.4 Å². The highest BCUT2D eigenvalue weighted by Gasteiger charge is 2.07. The van der Waals surface area contributed by atoms with Crippen molar-refractivity contribution in [1.29, 1.82) is 0 Å². The molecule has 0 unspecified atom stereocenters. The summed E-state index contributed by atoms with van der Waals surface area (Å²) in [4.78, 5) is 12.1. The van der Waals surface area contributed by atoms with Crippen molar-refractivity contribution < 1.29 is 9.53 Å². The minimum absolute atomic E-state index is 0.0519. The van der Waals surface area contributed by atoms with Crippen molar-refractivity contribution in [3.63, 3.8) is 0 Å². The molecule has 0 fully saturated rings. The number of ether oxygens (including phenoxy) is 1. The summed E-state index contributed by atoms with van der Waals surface area (Å²) >= 11 is 0. The highest BCUT2D eigenvalue weighted by molar-refractivity contribution is 6.01. The van der Waals surface area contributed by atoms with Crippen molar-refractivity contribution in [3.05, 3.63) is 65.2 Å². The minimum Gasteiger partial charge on any atom is -0.483 e. The molecule has 0 saturated carbocycles. The lowest BCUT2D eigenvalue weighted by Crippen LogP contribution is -2.26. The first-order valence-electron chi connectivity index (χ1n) is 8.71. The van der Waals surface area contributed by atoms with Crippen molar-refractivity contribution >= 4 is 11.6 Å². The highest BCUT2D eigenvalue weighted by Crippen LogP contribution is 2.20. The molecule has 4 heteroatoms. The summed E-state index contributed by atoms with van der Waals surface area (Å²) < 4.78 is 5.62. The normalized spacial score (nSPS) is 11.2. The molecule has 0 saturated heterocycles. The van der Waals surface area contributed by atoms with Crippen molar-refractivity contribution in [2.45, 2.75) is 40.0 Å². The minimum atomic E-state index is -0.258. The summed E-state index contributed by atoms with van der Waals surface area (Å²) in [5.74, 6) is 0.472. The van der Waals surface area contributed by atoms with Gasteiger partial charge in [0.05, 0.1) is 5.71 Å². The zero-order valence-electron chi connectivity index (χ0n) is 15.2. The maximum atomic E-state index is 12.1. The zero-order valence-corrected chi connectivity index (χ0v) is 15.2. The Kier molecular flexibility index (Phi) is 7.20. The third-order valence-electron chi connectivity index (χ3n) is 4.10. The van der Waals surface area contributed by atoms with E-state index in [2.05, 4.69) is 17.5 Å². The Hall–Kier alpha value is -2.62. The molecule has 0 aliphatic heterocycles. The average molecular weight is 338 g/mol. The molecule has 1 N–H and O–H groups in total. The number of unbranched alkanes of at least 4 members (excludes halogenated alkanes) is 1. The van der Waals surface area contributed by atoms with Gasteiger partial charge in [-0.25, -0.2) is 5.43 Å². The second-order valence-electron chi connectivity index (χ2n) is 6.05. The average Bonchev–Trinajstić information content (AvgIpc) is 2.63. The molecule has 0 heterocycles. The fourth-order valence-electron chi connectivity index (χ4n) is 2.43. The van der Waals surface area contributed by atoms with Crippen LogP contribution >= 0.6 is 0 Å². The quantitative estimate of drug-likeness (QED) is 0.573. The molecule has 0 atom stereocenters. The molecule has 0 spiro atoms. The van der Waals surface area contributed by atoms with Crippen LogP contribution in [-0.4, -0.2) is 18.2 Å². The van der Waals surface area contributed by atoms with Crippen LogP contribution in [0.15, 0.2) is 53.6 Å². The van der Waals surface area contributed by atoms with Crippen LogP contribution < -0.4 is 10.2 Å². The Labute approximate surface area is 149 Å². The van der Waals surface area contributed by atoms with Gasteiger partial charge >= 0.3 is 0 Å². The molecule has 2 aromatic carbocycles. The third kappa shape index (κ3) is 5.75. The van der Waals surface area contributed by atoms with E-state index in [-0.39, 0.29) is 12.5 Å². The van der Waals surface area contributed by atoms with Gasteiger partial charge in [0, 0.05) is 0 Å². The van der Waals surface area contributed by atoms with E-state index >= 15 is 0 Å². The first-order valence-corrected chi connectivity index (χ1v) is 8.71. The predicted octanol–water partition coefficient (Wildman–Crippen LogP) is 4.39. The van der Waals surface area contributed by atoms with Crippen molar-refractivity contribution in [3.8, 4) is 5.75 Å². The largest absolute Gasteiger partial charge is 0.483 e. The number of hydrogen-bond acceptors (Lipinski definition) is 3. The smallest absolute Gasteiger partial charge is 0.277 e. The third-order valence-corrected chi connectivity index (χ3v) is 4.10. The molecule has 0 radical (unpaired) electrons. The van der Waals surface area contributed by atoms with Gasteiger partial charge in [0.25, 0.3) is 5.91 Å². The molecule has 0 aromatic heterocycles. The summed E-state index contributed by atoms with van der Waals surface area (Å²) in [5, 5.41) is 4.32. The maximum Gasteiger partial charge on any atom is 0.277 e. The molecule has 2 aromatic rings. The van der Waals surface area contributed by atoms with Gasteiger partial charge in [-0.05, 0) is 49.4 Å². The molecule has 2 rings (SSSR count). The van der Waals surface area contributed by atoms with Gasteiger partial charge in [-0.1, -0.05) is 55.8 Å². The lowest BCUT2D eigenvalue weighted by Gasteiger charge is -2.10. The van der Waals surface area contributed by atoms with Crippen molar-refractivity contribution in [2.24, 2.45) is 5.10 Å². The molecule has 0 bridgehead atoms. The van der Waals surface area contributed by atoms with Crippen LogP contribution in [0.3, 0.4) is 0 Å². The second kappa shape index (κ2) is 9.62. The van der Waals surface area contributed by atoms with Crippen LogP contribution in [0.2, 0.25) is 0 Å². The lowest BCUT2D eigenvalue weighted by molar-refractivity contribution is -0.123. The van der Waals surface area contributed by atoms with E-state index in [4.69, 9.17) is 4.74 Å². The Morgan fingerprint density at radius 3 is 2.56 bits per heavy atom. The molecule has 0 aliphatic carbocycles. The van der Waals surface area contributed by atoms with Crippen LogP contribution in [-0.2, 0) is 4.79 Å². The van der Waals surface area contributed by atoms with E-state index in [1.807, 2.05) is 62.4 Å². The zero-order chi connectivity index (χ0) is 18.1. The van der Waals surface area contributed by atoms with Crippen LogP contribution in [0.4, 0.5) is 0 Å². The first kappa shape index (κ1) is 18.7. The SMILES string of the molecule is CCCC/C(=N\NC(=O)COc1cccc(C)c1C)c1ccccc1. The topological polar surface area (TPSA) is 50.7 Å². The first-order chi connectivity index (χ1) is 12.1. The number of aryl methyl sites for hydroxylation is 1. The van der Waals surface area contributed by atoms with E-state index in [0.29, 0.717) is 0 Å². The Morgan fingerprint density at radius 1 is 1.08 bits per heavy atom. The number of nitrogens with zero attached hydrogens (tertiary/aromatic N) is 1. The summed E-state index contributed by atoms with van der Waals surface area (Å²) in [7, 11) is 0. The highest BCUT2D eigenvalue weighted by atomic mass is 16.5. The molecule has 1 amide bonds. The Balaban J connectivity index is 1.97. The summed E-state index contributed by atoms with van der Waals surface area (Å²) in [5.41, 5.74) is 6.73. The fourth-order valence-corrected chi connectivity index (χ4v) is 2.43. The number of hydrogen-bond donors (Lipinski definition) is 1. The molecule has 4 nitrogen and oxygen atoms in total. The van der Waals surface area contributed by atoms with Gasteiger partial charge in [-0.2, -0.15) is 5.10 Å². The summed E-state index contributed by atoms with van der Waals surface area (Å²) in [6.07, 6.45) is 2.94. The summed E-state index contributed by atoms with van der Waals surface area (Å²) in [6.45, 7) is 6.09. The predicted molar refractivity (Wildman–Crippen MR) is 102 cm³/mol. The fraction of sp³-hybridized carbons (Fsp3) is 0.333.